The second kappa shape index (κ2) is 9.00. The Hall–Kier alpha value is 0. The van der Waals surface area contributed by atoms with E-state index >= 15 is 0 Å². The first-order chi connectivity index (χ1) is 7.88. The predicted molar refractivity (Wildman–Crippen MR) is 80.3 cm³/mol. The maximum atomic E-state index is 2.45. The molecule has 0 fully saturated rings. The summed E-state index contributed by atoms with van der Waals surface area (Å²) in [4.78, 5) is 0. The molecular weight excluding hydrogens is 204 g/mol. The first kappa shape index (κ1) is 17.0. The molecule has 4 unspecified atom stereocenters. The highest BCUT2D eigenvalue weighted by molar-refractivity contribution is 4.67. The van der Waals surface area contributed by atoms with Gasteiger partial charge < -0.3 is 0 Å². The summed E-state index contributed by atoms with van der Waals surface area (Å²) in [6.07, 6.45) is 6.99. The van der Waals surface area contributed by atoms with Gasteiger partial charge in [0, 0.05) is 0 Å². The van der Waals surface area contributed by atoms with E-state index in [9.17, 15) is 0 Å². The molecule has 0 heteroatoms. The first-order valence-corrected chi connectivity index (χ1v) is 7.88. The van der Waals surface area contributed by atoms with Gasteiger partial charge in [0.2, 0.25) is 0 Å². The zero-order valence-electron chi connectivity index (χ0n) is 13.4. The maximum absolute atomic E-state index is 2.45. The van der Waals surface area contributed by atoms with Crippen LogP contribution < -0.4 is 0 Å². The van der Waals surface area contributed by atoms with Gasteiger partial charge in [-0.25, -0.2) is 0 Å². The molecule has 0 saturated heterocycles. The molecule has 0 aromatic rings. The van der Waals surface area contributed by atoms with Crippen LogP contribution in [0.3, 0.4) is 0 Å². The highest BCUT2D eigenvalue weighted by Gasteiger charge is 2.16. The van der Waals surface area contributed by atoms with Crippen molar-refractivity contribution in [3.05, 3.63) is 0 Å². The fourth-order valence-electron chi connectivity index (χ4n) is 2.61. The second-order valence-electron chi connectivity index (χ2n) is 6.88. The van der Waals surface area contributed by atoms with Gasteiger partial charge in [-0.1, -0.05) is 74.1 Å². The monoisotopic (exact) mass is 240 g/mol. The van der Waals surface area contributed by atoms with Crippen molar-refractivity contribution in [2.45, 2.75) is 80.6 Å². The zero-order chi connectivity index (χ0) is 13.4. The molecule has 4 atom stereocenters. The van der Waals surface area contributed by atoms with Crippen LogP contribution in [0.1, 0.15) is 80.6 Å². The summed E-state index contributed by atoms with van der Waals surface area (Å²) in [5.41, 5.74) is 0. The highest BCUT2D eigenvalue weighted by atomic mass is 14.2. The van der Waals surface area contributed by atoms with Crippen LogP contribution in [-0.4, -0.2) is 0 Å². The van der Waals surface area contributed by atoms with Gasteiger partial charge in [-0.15, -0.1) is 0 Å². The molecule has 0 aliphatic heterocycles. The van der Waals surface area contributed by atoms with Crippen molar-refractivity contribution in [1.82, 2.24) is 0 Å². The zero-order valence-corrected chi connectivity index (χ0v) is 13.4. The molecule has 0 aliphatic carbocycles. The third-order valence-corrected chi connectivity index (χ3v) is 4.74. The first-order valence-electron chi connectivity index (χ1n) is 7.88. The summed E-state index contributed by atoms with van der Waals surface area (Å²) in [6.45, 7) is 16.7. The molecule has 0 saturated carbocycles. The van der Waals surface area contributed by atoms with E-state index in [1.165, 1.54) is 32.1 Å². The molecule has 17 heavy (non-hydrogen) atoms. The van der Waals surface area contributed by atoms with Crippen LogP contribution in [0.4, 0.5) is 0 Å². The average Bonchev–Trinajstić information content (AvgIpc) is 2.25. The van der Waals surface area contributed by atoms with E-state index in [1.807, 2.05) is 0 Å². The quantitative estimate of drug-likeness (QED) is 0.453. The lowest BCUT2D eigenvalue weighted by molar-refractivity contribution is 0.271. The number of hydrogen-bond acceptors (Lipinski definition) is 0. The lowest BCUT2D eigenvalue weighted by atomic mass is 9.82. The lowest BCUT2D eigenvalue weighted by Crippen LogP contribution is -2.13. The third-order valence-electron chi connectivity index (χ3n) is 4.74. The smallest absolute Gasteiger partial charge is 0.0414 e. The molecule has 0 aromatic carbocycles. The Bertz CT molecular complexity index is 171. The van der Waals surface area contributed by atoms with Gasteiger partial charge in [0.05, 0.1) is 0 Å². The fraction of sp³-hybridized carbons (Fsp3) is 1.00. The molecule has 0 radical (unpaired) electrons. The molecule has 0 spiro atoms. The van der Waals surface area contributed by atoms with Crippen LogP contribution in [-0.2, 0) is 0 Å². The van der Waals surface area contributed by atoms with Crippen molar-refractivity contribution < 1.29 is 0 Å². The molecule has 0 bridgehead atoms. The van der Waals surface area contributed by atoms with Crippen molar-refractivity contribution in [1.29, 1.82) is 0 Å². The van der Waals surface area contributed by atoms with Crippen molar-refractivity contribution >= 4 is 0 Å². The van der Waals surface area contributed by atoms with Crippen LogP contribution in [0.25, 0.3) is 0 Å². The molecule has 0 aliphatic rings. The standard InChI is InChI=1S/C17H36/c1-8-9-16(6)17(7)12-14(4)10-11-15(5)13(2)3/h13-17H,8-12H2,1-7H3. The van der Waals surface area contributed by atoms with Crippen molar-refractivity contribution in [2.75, 3.05) is 0 Å². The summed E-state index contributed by atoms with van der Waals surface area (Å²) in [5, 5.41) is 0. The predicted octanol–water partition coefficient (Wildman–Crippen LogP) is 6.16. The van der Waals surface area contributed by atoms with E-state index in [4.69, 9.17) is 0 Å². The molecular formula is C17H36. The Kier molecular flexibility index (Phi) is 9.00. The van der Waals surface area contributed by atoms with Crippen molar-refractivity contribution in [2.24, 2.45) is 29.6 Å². The van der Waals surface area contributed by atoms with Crippen LogP contribution in [0.5, 0.6) is 0 Å². The SMILES string of the molecule is CCCC(C)C(C)CC(C)CCC(C)C(C)C. The minimum atomic E-state index is 0.846. The van der Waals surface area contributed by atoms with E-state index < -0.39 is 0 Å². The summed E-state index contributed by atoms with van der Waals surface area (Å²) in [5.74, 6) is 4.45. The van der Waals surface area contributed by atoms with E-state index in [2.05, 4.69) is 48.5 Å². The Morgan fingerprint density at radius 1 is 0.647 bits per heavy atom. The molecule has 0 amide bonds. The number of rotatable bonds is 9. The van der Waals surface area contributed by atoms with Crippen molar-refractivity contribution in [3.63, 3.8) is 0 Å². The Morgan fingerprint density at radius 3 is 1.71 bits per heavy atom. The molecule has 0 N–H and O–H groups in total. The van der Waals surface area contributed by atoms with E-state index in [0.717, 1.165) is 29.6 Å². The molecule has 0 rings (SSSR count). The summed E-state index contributed by atoms with van der Waals surface area (Å²) >= 11 is 0. The topological polar surface area (TPSA) is 0 Å². The van der Waals surface area contributed by atoms with Gasteiger partial charge >= 0.3 is 0 Å². The lowest BCUT2D eigenvalue weighted by Gasteiger charge is -2.24. The maximum Gasteiger partial charge on any atom is -0.0414 e. The molecule has 0 heterocycles. The highest BCUT2D eigenvalue weighted by Crippen LogP contribution is 2.27. The summed E-state index contributed by atoms with van der Waals surface area (Å²) < 4.78 is 0. The fourth-order valence-corrected chi connectivity index (χ4v) is 2.61. The van der Waals surface area contributed by atoms with Gasteiger partial charge in [-0.05, 0) is 36.0 Å². The average molecular weight is 240 g/mol. The minimum Gasteiger partial charge on any atom is -0.0654 e. The Morgan fingerprint density at radius 2 is 1.24 bits per heavy atom. The Labute approximate surface area is 111 Å². The van der Waals surface area contributed by atoms with Crippen LogP contribution in [0.2, 0.25) is 0 Å². The van der Waals surface area contributed by atoms with Gasteiger partial charge in [0.15, 0.2) is 0 Å². The van der Waals surface area contributed by atoms with E-state index in [-0.39, 0.29) is 0 Å². The normalized spacial score (nSPS) is 19.1. The minimum absolute atomic E-state index is 0.846. The van der Waals surface area contributed by atoms with Crippen molar-refractivity contribution in [3.8, 4) is 0 Å². The third kappa shape index (κ3) is 7.84. The van der Waals surface area contributed by atoms with Gasteiger partial charge in [-0.2, -0.15) is 0 Å². The largest absolute Gasteiger partial charge is 0.0654 e. The van der Waals surface area contributed by atoms with Gasteiger partial charge in [0.1, 0.15) is 0 Å². The van der Waals surface area contributed by atoms with E-state index in [0.29, 0.717) is 0 Å². The van der Waals surface area contributed by atoms with Crippen LogP contribution >= 0.6 is 0 Å². The molecule has 0 aromatic heterocycles. The second-order valence-corrected chi connectivity index (χ2v) is 6.88. The number of hydrogen-bond donors (Lipinski definition) is 0. The molecule has 104 valence electrons. The van der Waals surface area contributed by atoms with E-state index in [1.54, 1.807) is 0 Å². The Balaban J connectivity index is 3.81. The summed E-state index contributed by atoms with van der Waals surface area (Å²) in [6, 6.07) is 0. The molecule has 0 nitrogen and oxygen atoms in total. The van der Waals surface area contributed by atoms with Crippen LogP contribution in [0.15, 0.2) is 0 Å². The summed E-state index contributed by atoms with van der Waals surface area (Å²) in [7, 11) is 0. The van der Waals surface area contributed by atoms with Gasteiger partial charge in [-0.3, -0.25) is 0 Å². The van der Waals surface area contributed by atoms with Gasteiger partial charge in [0.25, 0.3) is 0 Å². The van der Waals surface area contributed by atoms with Crippen LogP contribution in [0, 0.1) is 29.6 Å².